The second kappa shape index (κ2) is 6.66. The Hall–Kier alpha value is -0.830. The van der Waals surface area contributed by atoms with Gasteiger partial charge < -0.3 is 4.74 Å². The van der Waals surface area contributed by atoms with E-state index in [2.05, 4.69) is 20.7 Å². The minimum absolute atomic E-state index is 0.340. The summed E-state index contributed by atoms with van der Waals surface area (Å²) in [6, 6.07) is 0. The fourth-order valence-electron chi connectivity index (χ4n) is 0.706. The zero-order valence-corrected chi connectivity index (χ0v) is 9.59. The van der Waals surface area contributed by atoms with Crippen molar-refractivity contribution in [1.29, 1.82) is 0 Å². The molecular formula is C10H13BrO2. The standard InChI is InChI=1S/C10H13BrO2/c1-8(6-9(2)7-11)4-5-10(12)13-3/h4-7H,1-3H3/b5-4+,8-6+,9-7+. The molecule has 0 spiro atoms. The number of halogens is 1. The number of ether oxygens (including phenoxy) is 1. The van der Waals surface area contributed by atoms with Crippen LogP contribution in [0.15, 0.2) is 34.4 Å². The lowest BCUT2D eigenvalue weighted by Crippen LogP contribution is -1.93. The fraction of sp³-hybridized carbons (Fsp3) is 0.300. The average molecular weight is 245 g/mol. The van der Waals surface area contributed by atoms with E-state index in [1.165, 1.54) is 13.2 Å². The second-order valence-electron chi connectivity index (χ2n) is 2.60. The Morgan fingerprint density at radius 2 is 1.85 bits per heavy atom. The van der Waals surface area contributed by atoms with Gasteiger partial charge in [-0.1, -0.05) is 33.7 Å². The van der Waals surface area contributed by atoms with E-state index in [9.17, 15) is 4.79 Å². The summed E-state index contributed by atoms with van der Waals surface area (Å²) >= 11 is 3.21. The number of hydrogen-bond acceptors (Lipinski definition) is 2. The molecule has 0 aromatic heterocycles. The molecule has 0 aromatic rings. The van der Waals surface area contributed by atoms with Gasteiger partial charge in [0.2, 0.25) is 0 Å². The van der Waals surface area contributed by atoms with Crippen LogP contribution in [0.2, 0.25) is 0 Å². The van der Waals surface area contributed by atoms with Crippen molar-refractivity contribution in [3.63, 3.8) is 0 Å². The van der Waals surface area contributed by atoms with Crippen molar-refractivity contribution in [2.75, 3.05) is 7.11 Å². The van der Waals surface area contributed by atoms with Crippen LogP contribution in [0.3, 0.4) is 0 Å². The highest BCUT2D eigenvalue weighted by atomic mass is 79.9. The Labute approximate surface area is 87.1 Å². The number of methoxy groups -OCH3 is 1. The van der Waals surface area contributed by atoms with Crippen molar-refractivity contribution in [3.05, 3.63) is 34.4 Å². The highest BCUT2D eigenvalue weighted by Crippen LogP contribution is 2.04. The molecular weight excluding hydrogens is 232 g/mol. The largest absolute Gasteiger partial charge is 0.466 e. The van der Waals surface area contributed by atoms with E-state index < -0.39 is 0 Å². The molecule has 0 aliphatic carbocycles. The molecule has 0 saturated carbocycles. The van der Waals surface area contributed by atoms with Gasteiger partial charge in [-0.05, 0) is 24.4 Å². The number of hydrogen-bond donors (Lipinski definition) is 0. The first-order valence-corrected chi connectivity index (χ1v) is 4.73. The molecule has 13 heavy (non-hydrogen) atoms. The smallest absolute Gasteiger partial charge is 0.330 e. The van der Waals surface area contributed by atoms with Crippen LogP contribution in [0.1, 0.15) is 13.8 Å². The van der Waals surface area contributed by atoms with Crippen molar-refractivity contribution in [1.82, 2.24) is 0 Å². The summed E-state index contributed by atoms with van der Waals surface area (Å²) in [4.78, 5) is 12.5. The van der Waals surface area contributed by atoms with Crippen LogP contribution in [0.25, 0.3) is 0 Å². The van der Waals surface area contributed by atoms with E-state index in [4.69, 9.17) is 0 Å². The summed E-state index contributed by atoms with van der Waals surface area (Å²) < 4.78 is 4.46. The molecule has 0 unspecified atom stereocenters. The summed E-state index contributed by atoms with van der Waals surface area (Å²) in [6.07, 6.45) is 5.06. The maximum absolute atomic E-state index is 10.7. The van der Waals surface area contributed by atoms with Gasteiger partial charge in [0, 0.05) is 6.08 Å². The lowest BCUT2D eigenvalue weighted by Gasteiger charge is -1.93. The van der Waals surface area contributed by atoms with Crippen LogP contribution in [0, 0.1) is 0 Å². The highest BCUT2D eigenvalue weighted by molar-refractivity contribution is 9.11. The molecule has 0 heterocycles. The van der Waals surface area contributed by atoms with Gasteiger partial charge in [-0.3, -0.25) is 0 Å². The molecule has 0 rings (SSSR count). The van der Waals surface area contributed by atoms with Gasteiger partial charge in [-0.25, -0.2) is 4.79 Å². The molecule has 3 heteroatoms. The molecule has 0 aliphatic rings. The topological polar surface area (TPSA) is 26.3 Å². The Bertz CT molecular complexity index is 262. The molecule has 0 radical (unpaired) electrons. The third-order valence-electron chi connectivity index (χ3n) is 1.31. The Morgan fingerprint density at radius 3 is 2.31 bits per heavy atom. The Morgan fingerprint density at radius 1 is 1.23 bits per heavy atom. The normalized spacial score (nSPS) is 13.5. The summed E-state index contributed by atoms with van der Waals surface area (Å²) in [5.41, 5.74) is 2.09. The third-order valence-corrected chi connectivity index (χ3v) is 2.03. The fourth-order valence-corrected chi connectivity index (χ4v) is 0.838. The molecule has 0 amide bonds. The van der Waals surface area contributed by atoms with Crippen molar-refractivity contribution in [2.24, 2.45) is 0 Å². The molecule has 2 nitrogen and oxygen atoms in total. The van der Waals surface area contributed by atoms with E-state index in [0.717, 1.165) is 11.1 Å². The van der Waals surface area contributed by atoms with Crippen LogP contribution >= 0.6 is 15.9 Å². The number of carbonyl (C=O) groups is 1. The Kier molecular flexibility index (Phi) is 6.24. The van der Waals surface area contributed by atoms with Crippen LogP contribution in [0.5, 0.6) is 0 Å². The predicted octanol–water partition coefficient (Wildman–Crippen LogP) is 2.96. The zero-order chi connectivity index (χ0) is 10.3. The molecule has 0 bridgehead atoms. The number of esters is 1. The lowest BCUT2D eigenvalue weighted by atomic mass is 10.2. The molecule has 0 saturated heterocycles. The number of carbonyl (C=O) groups excluding carboxylic acids is 1. The molecule has 72 valence electrons. The highest BCUT2D eigenvalue weighted by Gasteiger charge is 1.90. The molecule has 0 atom stereocenters. The van der Waals surface area contributed by atoms with E-state index in [0.29, 0.717) is 0 Å². The van der Waals surface area contributed by atoms with E-state index in [-0.39, 0.29) is 5.97 Å². The summed E-state index contributed by atoms with van der Waals surface area (Å²) in [5, 5.41) is 0. The molecule has 0 fully saturated rings. The summed E-state index contributed by atoms with van der Waals surface area (Å²) in [5.74, 6) is -0.340. The summed E-state index contributed by atoms with van der Waals surface area (Å²) in [7, 11) is 1.36. The first-order valence-electron chi connectivity index (χ1n) is 3.81. The van der Waals surface area contributed by atoms with Crippen LogP contribution in [0.4, 0.5) is 0 Å². The minimum atomic E-state index is -0.340. The van der Waals surface area contributed by atoms with Crippen molar-refractivity contribution >= 4 is 21.9 Å². The second-order valence-corrected chi connectivity index (χ2v) is 3.06. The van der Waals surface area contributed by atoms with Gasteiger partial charge in [-0.15, -0.1) is 0 Å². The van der Waals surface area contributed by atoms with Crippen molar-refractivity contribution in [3.8, 4) is 0 Å². The monoisotopic (exact) mass is 244 g/mol. The predicted molar refractivity (Wildman–Crippen MR) is 57.6 cm³/mol. The van der Waals surface area contributed by atoms with Crippen molar-refractivity contribution < 1.29 is 9.53 Å². The van der Waals surface area contributed by atoms with Gasteiger partial charge in [0.05, 0.1) is 7.11 Å². The zero-order valence-electron chi connectivity index (χ0n) is 8.00. The maximum Gasteiger partial charge on any atom is 0.330 e. The first-order chi connectivity index (χ1) is 6.10. The maximum atomic E-state index is 10.7. The van der Waals surface area contributed by atoms with Crippen LogP contribution in [-0.2, 0) is 9.53 Å². The van der Waals surface area contributed by atoms with E-state index >= 15 is 0 Å². The van der Waals surface area contributed by atoms with Crippen LogP contribution in [-0.4, -0.2) is 13.1 Å². The first kappa shape index (κ1) is 12.2. The minimum Gasteiger partial charge on any atom is -0.466 e. The SMILES string of the molecule is COC(=O)/C=C/C(C)=C/C(C)=C/Br. The number of allylic oxidation sites excluding steroid dienone is 4. The Balaban J connectivity index is 4.30. The van der Waals surface area contributed by atoms with Gasteiger partial charge in [0.25, 0.3) is 0 Å². The van der Waals surface area contributed by atoms with Gasteiger partial charge in [-0.2, -0.15) is 0 Å². The van der Waals surface area contributed by atoms with Crippen molar-refractivity contribution in [2.45, 2.75) is 13.8 Å². The molecule has 0 aromatic carbocycles. The van der Waals surface area contributed by atoms with E-state index in [1.54, 1.807) is 6.08 Å². The number of rotatable bonds is 3. The van der Waals surface area contributed by atoms with E-state index in [1.807, 2.05) is 24.9 Å². The average Bonchev–Trinajstić information content (AvgIpc) is 2.13. The van der Waals surface area contributed by atoms with Gasteiger partial charge >= 0.3 is 5.97 Å². The third kappa shape index (κ3) is 6.34. The van der Waals surface area contributed by atoms with Crippen LogP contribution < -0.4 is 0 Å². The summed E-state index contributed by atoms with van der Waals surface area (Å²) in [6.45, 7) is 3.88. The quantitative estimate of drug-likeness (QED) is 0.434. The molecule has 0 aliphatic heterocycles. The van der Waals surface area contributed by atoms with Gasteiger partial charge in [0.1, 0.15) is 0 Å². The lowest BCUT2D eigenvalue weighted by molar-refractivity contribution is -0.134. The molecule has 0 N–H and O–H groups in total. The van der Waals surface area contributed by atoms with Gasteiger partial charge in [0.15, 0.2) is 0 Å².